The van der Waals surface area contributed by atoms with E-state index in [1.54, 1.807) is 26.8 Å². The molecule has 0 atom stereocenters. The first-order chi connectivity index (χ1) is 18.4. The van der Waals surface area contributed by atoms with Gasteiger partial charge in [0, 0.05) is 30.9 Å². The van der Waals surface area contributed by atoms with Gasteiger partial charge in [-0.1, -0.05) is 0 Å². The molecule has 39 heavy (non-hydrogen) atoms. The first-order valence-corrected chi connectivity index (χ1v) is 12.5. The fraction of sp³-hybridized carbons (Fsp3) is 0.462. The molecule has 13 heteroatoms. The Hall–Kier alpha value is -4.16. The van der Waals surface area contributed by atoms with E-state index in [1.165, 1.54) is 35.1 Å². The highest BCUT2D eigenvalue weighted by molar-refractivity contribution is 6.03. The van der Waals surface area contributed by atoms with Crippen LogP contribution in [0.5, 0.6) is 0 Å². The van der Waals surface area contributed by atoms with Crippen LogP contribution >= 0.6 is 0 Å². The Morgan fingerprint density at radius 3 is 2.62 bits per heavy atom. The van der Waals surface area contributed by atoms with Gasteiger partial charge in [-0.3, -0.25) is 14.4 Å². The number of aromatic nitrogens is 4. The molecule has 0 unspecified atom stereocenters. The topological polar surface area (TPSA) is 132 Å². The predicted octanol–water partition coefficient (Wildman–Crippen LogP) is 5.42. The molecule has 0 radical (unpaired) electrons. The summed E-state index contributed by atoms with van der Waals surface area (Å²) in [5, 5.41) is 6.47. The highest BCUT2D eigenvalue weighted by Crippen LogP contribution is 2.34. The molecule has 0 bridgehead atoms. The van der Waals surface area contributed by atoms with E-state index >= 15 is 0 Å². The fourth-order valence-corrected chi connectivity index (χ4v) is 4.21. The van der Waals surface area contributed by atoms with Gasteiger partial charge in [0.15, 0.2) is 11.4 Å². The summed E-state index contributed by atoms with van der Waals surface area (Å²) in [7, 11) is 1.50. The van der Waals surface area contributed by atoms with E-state index in [2.05, 4.69) is 20.4 Å². The summed E-state index contributed by atoms with van der Waals surface area (Å²) in [5.74, 6) is -0.447. The van der Waals surface area contributed by atoms with Gasteiger partial charge in [-0.05, 0) is 58.6 Å². The van der Waals surface area contributed by atoms with Crippen LogP contribution in [0.1, 0.15) is 75.1 Å². The largest absolute Gasteiger partial charge is 0.444 e. The number of hydrogen-bond acceptors (Lipinski definition) is 8. The molecule has 208 valence electrons. The molecular formula is C26H30F2N6O5. The number of hydrogen-bond donors (Lipinski definition) is 1. The van der Waals surface area contributed by atoms with Crippen LogP contribution < -0.4 is 10.2 Å². The number of oxazole rings is 1. The van der Waals surface area contributed by atoms with Crippen LogP contribution in [0.15, 0.2) is 35.2 Å². The highest BCUT2D eigenvalue weighted by Gasteiger charge is 2.27. The van der Waals surface area contributed by atoms with E-state index in [4.69, 9.17) is 9.15 Å². The average molecular weight is 545 g/mol. The molecule has 1 N–H and O–H groups in total. The van der Waals surface area contributed by atoms with Crippen molar-refractivity contribution in [1.82, 2.24) is 19.7 Å². The van der Waals surface area contributed by atoms with Crippen molar-refractivity contribution in [3.63, 3.8) is 0 Å². The van der Waals surface area contributed by atoms with Crippen LogP contribution in [0.3, 0.4) is 0 Å². The Labute approximate surface area is 223 Å². The lowest BCUT2D eigenvalue weighted by atomic mass is 9.87. The van der Waals surface area contributed by atoms with E-state index in [1.807, 2.05) is 0 Å². The van der Waals surface area contributed by atoms with Gasteiger partial charge in [-0.2, -0.15) is 5.10 Å². The lowest BCUT2D eigenvalue weighted by Gasteiger charge is -2.25. The SMILES string of the molecule is CN(C(=O)OC(C)(C)C)c1cc(-c2nc(C(=O)Nc3cn(C4CCC(C=O)CC4)nc3C(F)F)co2)ccn1. The number of alkyl halides is 2. The Morgan fingerprint density at radius 1 is 1.26 bits per heavy atom. The second kappa shape index (κ2) is 11.3. The van der Waals surface area contributed by atoms with Gasteiger partial charge in [-0.25, -0.2) is 23.5 Å². The number of halogens is 2. The van der Waals surface area contributed by atoms with Gasteiger partial charge in [0.2, 0.25) is 5.89 Å². The molecule has 0 saturated heterocycles. The number of nitrogens with one attached hydrogen (secondary N) is 1. The summed E-state index contributed by atoms with van der Waals surface area (Å²) >= 11 is 0. The van der Waals surface area contributed by atoms with Gasteiger partial charge in [0.25, 0.3) is 12.3 Å². The van der Waals surface area contributed by atoms with Gasteiger partial charge in [0.05, 0.1) is 11.7 Å². The zero-order valence-electron chi connectivity index (χ0n) is 22.1. The number of amides is 2. The molecule has 1 aliphatic rings. The Bertz CT molecular complexity index is 1340. The number of ether oxygens (including phenoxy) is 1. The first kappa shape index (κ1) is 27.9. The molecule has 4 rings (SSSR count). The quantitative estimate of drug-likeness (QED) is 0.390. The molecule has 1 fully saturated rings. The zero-order valence-corrected chi connectivity index (χ0v) is 22.1. The average Bonchev–Trinajstić information content (AvgIpc) is 3.55. The summed E-state index contributed by atoms with van der Waals surface area (Å²) in [4.78, 5) is 45.8. The maximum Gasteiger partial charge on any atom is 0.415 e. The van der Waals surface area contributed by atoms with Crippen molar-refractivity contribution in [3.05, 3.63) is 42.2 Å². The molecule has 0 spiro atoms. The van der Waals surface area contributed by atoms with Crippen molar-refractivity contribution in [2.24, 2.45) is 5.92 Å². The van der Waals surface area contributed by atoms with Crippen LogP contribution in [0.2, 0.25) is 0 Å². The number of rotatable bonds is 7. The van der Waals surface area contributed by atoms with Crippen LogP contribution in [0, 0.1) is 5.92 Å². The summed E-state index contributed by atoms with van der Waals surface area (Å²) in [5.41, 5.74) is -1.06. The van der Waals surface area contributed by atoms with Crippen molar-refractivity contribution in [2.75, 3.05) is 17.3 Å². The summed E-state index contributed by atoms with van der Waals surface area (Å²) in [6, 6.07) is 2.98. The summed E-state index contributed by atoms with van der Waals surface area (Å²) < 4.78 is 39.6. The standard InChI is InChI=1S/C26H30F2N6O5/c1-26(2,3)39-25(37)33(4)20-11-16(9-10-29-20)24-31-19(14-38-24)23(36)30-18-12-34(32-21(18)22(27)28)17-7-5-15(13-35)6-8-17/h9-15,17,22H,5-8H2,1-4H3,(H,30,36). The molecule has 0 aromatic carbocycles. The Morgan fingerprint density at radius 2 is 1.97 bits per heavy atom. The maximum absolute atomic E-state index is 13.7. The molecule has 3 aromatic rings. The predicted molar refractivity (Wildman–Crippen MR) is 137 cm³/mol. The minimum absolute atomic E-state index is 0.0268. The number of pyridine rings is 1. The van der Waals surface area contributed by atoms with Crippen LogP contribution in [-0.4, -0.2) is 50.7 Å². The van der Waals surface area contributed by atoms with E-state index in [9.17, 15) is 23.2 Å². The second-order valence-corrected chi connectivity index (χ2v) is 10.3. The van der Waals surface area contributed by atoms with Crippen molar-refractivity contribution in [1.29, 1.82) is 0 Å². The number of nitrogens with zero attached hydrogens (tertiary/aromatic N) is 5. The molecule has 1 aliphatic carbocycles. The van der Waals surface area contributed by atoms with Crippen LogP contribution in [0.25, 0.3) is 11.5 Å². The van der Waals surface area contributed by atoms with E-state index in [0.29, 0.717) is 31.2 Å². The van der Waals surface area contributed by atoms with Crippen molar-refractivity contribution in [3.8, 4) is 11.5 Å². The smallest absolute Gasteiger partial charge is 0.415 e. The second-order valence-electron chi connectivity index (χ2n) is 10.3. The third-order valence-electron chi connectivity index (χ3n) is 6.26. The number of carbonyl (C=O) groups is 3. The fourth-order valence-electron chi connectivity index (χ4n) is 4.21. The normalized spacial score (nSPS) is 17.6. The molecular weight excluding hydrogens is 514 g/mol. The van der Waals surface area contributed by atoms with Crippen molar-refractivity contribution in [2.45, 2.75) is 64.5 Å². The minimum atomic E-state index is -2.90. The van der Waals surface area contributed by atoms with Crippen molar-refractivity contribution >= 4 is 29.8 Å². The van der Waals surface area contributed by atoms with Gasteiger partial charge in [-0.15, -0.1) is 0 Å². The summed E-state index contributed by atoms with van der Waals surface area (Å²) in [6.45, 7) is 5.24. The van der Waals surface area contributed by atoms with Gasteiger partial charge < -0.3 is 19.3 Å². The lowest BCUT2D eigenvalue weighted by molar-refractivity contribution is -0.112. The number of carbonyl (C=O) groups excluding carboxylic acids is 3. The first-order valence-electron chi connectivity index (χ1n) is 12.5. The Balaban J connectivity index is 1.48. The minimum Gasteiger partial charge on any atom is -0.444 e. The van der Waals surface area contributed by atoms with E-state index in [0.717, 1.165) is 12.5 Å². The molecule has 11 nitrogen and oxygen atoms in total. The maximum atomic E-state index is 13.7. The van der Waals surface area contributed by atoms with E-state index < -0.39 is 29.7 Å². The van der Waals surface area contributed by atoms with E-state index in [-0.39, 0.29) is 35.0 Å². The third-order valence-corrected chi connectivity index (χ3v) is 6.26. The highest BCUT2D eigenvalue weighted by atomic mass is 19.3. The zero-order chi connectivity index (χ0) is 28.3. The van der Waals surface area contributed by atoms with Crippen molar-refractivity contribution < 1.29 is 32.3 Å². The number of anilines is 2. The van der Waals surface area contributed by atoms with Crippen LogP contribution in [0.4, 0.5) is 25.1 Å². The molecule has 1 saturated carbocycles. The molecule has 2 amide bonds. The lowest BCUT2D eigenvalue weighted by Crippen LogP contribution is -2.34. The molecule has 3 heterocycles. The molecule has 0 aliphatic heterocycles. The monoisotopic (exact) mass is 544 g/mol. The van der Waals surface area contributed by atoms with Crippen LogP contribution in [-0.2, 0) is 9.53 Å². The third kappa shape index (κ3) is 6.65. The van der Waals surface area contributed by atoms with Gasteiger partial charge >= 0.3 is 6.09 Å². The summed E-state index contributed by atoms with van der Waals surface area (Å²) in [6.07, 6.45) is 3.93. The van der Waals surface area contributed by atoms with Gasteiger partial charge in [0.1, 0.15) is 24.0 Å². The number of aldehydes is 1. The Kier molecular flexibility index (Phi) is 8.07. The molecule has 3 aromatic heterocycles.